The van der Waals surface area contributed by atoms with Gasteiger partial charge in [0.2, 0.25) is 10.0 Å². The van der Waals surface area contributed by atoms with Gasteiger partial charge in [0.15, 0.2) is 0 Å². The van der Waals surface area contributed by atoms with Gasteiger partial charge in [-0.2, -0.15) is 0 Å². The third-order valence-electron chi connectivity index (χ3n) is 4.20. The molecule has 1 unspecified atom stereocenters. The number of nitrogens with one attached hydrogen (secondary N) is 2. The van der Waals surface area contributed by atoms with Crippen LogP contribution in [0.1, 0.15) is 18.4 Å². The van der Waals surface area contributed by atoms with E-state index in [2.05, 4.69) is 21.7 Å². The average Bonchev–Trinajstić information content (AvgIpc) is 2.96. The molecule has 114 valence electrons. The maximum absolute atomic E-state index is 11.4. The zero-order valence-electron chi connectivity index (χ0n) is 12.4. The van der Waals surface area contributed by atoms with Crippen LogP contribution in [-0.4, -0.2) is 44.2 Å². The van der Waals surface area contributed by atoms with Crippen molar-refractivity contribution in [2.24, 2.45) is 0 Å². The molecule has 0 saturated carbocycles. The Labute approximate surface area is 125 Å². The predicted molar refractivity (Wildman–Crippen MR) is 86.1 cm³/mol. The molecule has 1 aliphatic rings. The van der Waals surface area contributed by atoms with Crippen LogP contribution in [0.2, 0.25) is 0 Å². The fourth-order valence-corrected chi connectivity index (χ4v) is 3.67. The Morgan fingerprint density at radius 1 is 1.43 bits per heavy atom. The molecular weight excluding hydrogens is 286 g/mol. The number of hydrogen-bond acceptors (Lipinski definition) is 3. The average molecular weight is 307 g/mol. The summed E-state index contributed by atoms with van der Waals surface area (Å²) in [4.78, 5) is 5.67. The summed E-state index contributed by atoms with van der Waals surface area (Å²) in [5.74, 6) is 0. The predicted octanol–water partition coefficient (Wildman–Crippen LogP) is 2.18. The molecule has 2 aromatic rings. The third kappa shape index (κ3) is 3.22. The molecule has 0 bridgehead atoms. The molecule has 0 amide bonds. The van der Waals surface area contributed by atoms with E-state index in [1.54, 1.807) is 6.07 Å². The lowest BCUT2D eigenvalue weighted by Gasteiger charge is -2.18. The minimum atomic E-state index is -3.24. The molecule has 2 heterocycles. The van der Waals surface area contributed by atoms with Crippen molar-refractivity contribution < 1.29 is 8.42 Å². The summed E-state index contributed by atoms with van der Waals surface area (Å²) in [6.45, 7) is 1.16. The van der Waals surface area contributed by atoms with Gasteiger partial charge < -0.3 is 9.88 Å². The summed E-state index contributed by atoms with van der Waals surface area (Å²) >= 11 is 0. The van der Waals surface area contributed by atoms with Crippen molar-refractivity contribution in [3.8, 4) is 0 Å². The topological polar surface area (TPSA) is 65.2 Å². The van der Waals surface area contributed by atoms with E-state index < -0.39 is 10.0 Å². The summed E-state index contributed by atoms with van der Waals surface area (Å²) in [6.07, 6.45) is 6.69. The normalized spacial score (nSPS) is 20.2. The number of rotatable bonds is 4. The first-order valence-electron chi connectivity index (χ1n) is 7.20. The van der Waals surface area contributed by atoms with Gasteiger partial charge in [-0.05, 0) is 56.6 Å². The number of H-pyrrole nitrogens is 1. The Morgan fingerprint density at radius 2 is 2.24 bits per heavy atom. The second kappa shape index (κ2) is 5.35. The van der Waals surface area contributed by atoms with Gasteiger partial charge in [-0.15, -0.1) is 0 Å². The molecule has 21 heavy (non-hydrogen) atoms. The van der Waals surface area contributed by atoms with Crippen molar-refractivity contribution in [1.29, 1.82) is 0 Å². The fraction of sp³-hybridized carbons (Fsp3) is 0.467. The first kappa shape index (κ1) is 14.4. The third-order valence-corrected chi connectivity index (χ3v) is 4.80. The largest absolute Gasteiger partial charge is 0.361 e. The number of sulfonamides is 1. The molecule has 1 aromatic carbocycles. The van der Waals surface area contributed by atoms with Gasteiger partial charge in [-0.25, -0.2) is 8.42 Å². The number of anilines is 1. The molecule has 1 aromatic heterocycles. The molecule has 1 saturated heterocycles. The van der Waals surface area contributed by atoms with Crippen molar-refractivity contribution in [2.45, 2.75) is 25.3 Å². The van der Waals surface area contributed by atoms with Crippen molar-refractivity contribution in [2.75, 3.05) is 24.6 Å². The number of likely N-dealkylation sites (tertiary alicyclic amines) is 1. The summed E-state index contributed by atoms with van der Waals surface area (Å²) in [5, 5.41) is 1.10. The van der Waals surface area contributed by atoms with Crippen molar-refractivity contribution in [3.63, 3.8) is 0 Å². The smallest absolute Gasteiger partial charge is 0.229 e. The van der Waals surface area contributed by atoms with Gasteiger partial charge in [-0.1, -0.05) is 0 Å². The van der Waals surface area contributed by atoms with Crippen LogP contribution < -0.4 is 4.72 Å². The number of likely N-dealkylation sites (N-methyl/N-ethyl adjacent to an activating group) is 1. The number of aromatic amines is 1. The molecule has 0 radical (unpaired) electrons. The highest BCUT2D eigenvalue weighted by Gasteiger charge is 2.22. The Hall–Kier alpha value is -1.53. The van der Waals surface area contributed by atoms with Gasteiger partial charge >= 0.3 is 0 Å². The Kier molecular flexibility index (Phi) is 3.67. The number of benzene rings is 1. The quantitative estimate of drug-likeness (QED) is 0.910. The molecule has 1 fully saturated rings. The van der Waals surface area contributed by atoms with E-state index in [1.165, 1.54) is 24.7 Å². The van der Waals surface area contributed by atoms with Crippen LogP contribution in [0.15, 0.2) is 24.4 Å². The van der Waals surface area contributed by atoms with Gasteiger partial charge in [-0.3, -0.25) is 4.72 Å². The van der Waals surface area contributed by atoms with Gasteiger partial charge in [0.05, 0.1) is 6.26 Å². The van der Waals surface area contributed by atoms with Crippen molar-refractivity contribution >= 4 is 26.6 Å². The number of hydrogen-bond donors (Lipinski definition) is 2. The van der Waals surface area contributed by atoms with E-state index in [-0.39, 0.29) is 0 Å². The van der Waals surface area contributed by atoms with Gasteiger partial charge in [0, 0.05) is 28.8 Å². The van der Waals surface area contributed by atoms with Crippen molar-refractivity contribution in [1.82, 2.24) is 9.88 Å². The monoisotopic (exact) mass is 307 g/mol. The maximum atomic E-state index is 11.4. The van der Waals surface area contributed by atoms with Crippen LogP contribution in [0.5, 0.6) is 0 Å². The highest BCUT2D eigenvalue weighted by Crippen LogP contribution is 2.27. The lowest BCUT2D eigenvalue weighted by molar-refractivity contribution is 0.310. The highest BCUT2D eigenvalue weighted by molar-refractivity contribution is 7.92. The van der Waals surface area contributed by atoms with Crippen LogP contribution in [-0.2, 0) is 16.4 Å². The zero-order chi connectivity index (χ0) is 15.0. The summed E-state index contributed by atoms with van der Waals surface area (Å²) in [5.41, 5.74) is 2.91. The summed E-state index contributed by atoms with van der Waals surface area (Å²) < 4.78 is 25.3. The Bertz CT molecular complexity index is 751. The maximum Gasteiger partial charge on any atom is 0.229 e. The van der Waals surface area contributed by atoms with Gasteiger partial charge in [0.25, 0.3) is 0 Å². The van der Waals surface area contributed by atoms with E-state index in [9.17, 15) is 8.42 Å². The lowest BCUT2D eigenvalue weighted by atomic mass is 10.0. The molecular formula is C15H21N3O2S. The Balaban J connectivity index is 1.90. The van der Waals surface area contributed by atoms with E-state index in [4.69, 9.17) is 0 Å². The minimum absolute atomic E-state index is 0.579. The van der Waals surface area contributed by atoms with Crippen LogP contribution in [0.25, 0.3) is 10.9 Å². The summed E-state index contributed by atoms with van der Waals surface area (Å²) in [7, 11) is -1.07. The number of nitrogens with zero attached hydrogens (tertiary/aromatic N) is 1. The number of fused-ring (bicyclic) bond motifs is 1. The van der Waals surface area contributed by atoms with Crippen LogP contribution in [0, 0.1) is 0 Å². The molecule has 5 nitrogen and oxygen atoms in total. The zero-order valence-corrected chi connectivity index (χ0v) is 13.2. The second-order valence-electron chi connectivity index (χ2n) is 5.93. The summed E-state index contributed by atoms with van der Waals surface area (Å²) in [6, 6.07) is 6.20. The van der Waals surface area contributed by atoms with Crippen molar-refractivity contribution in [3.05, 3.63) is 30.0 Å². The minimum Gasteiger partial charge on any atom is -0.361 e. The Morgan fingerprint density at radius 3 is 2.90 bits per heavy atom. The SMILES string of the molecule is CN1CCCC1Cc1c[nH]c2ccc(NS(C)(=O)=O)cc12. The first-order chi connectivity index (χ1) is 9.92. The molecule has 1 aliphatic heterocycles. The first-order valence-corrected chi connectivity index (χ1v) is 9.09. The number of aromatic nitrogens is 1. The van der Waals surface area contributed by atoms with Crippen LogP contribution >= 0.6 is 0 Å². The molecule has 2 N–H and O–H groups in total. The molecule has 0 aliphatic carbocycles. The molecule has 0 spiro atoms. The molecule has 3 rings (SSSR count). The van der Waals surface area contributed by atoms with E-state index in [0.29, 0.717) is 11.7 Å². The highest BCUT2D eigenvalue weighted by atomic mass is 32.2. The standard InChI is InChI=1S/C15H21N3O2S/c1-18-7-3-4-13(18)8-11-10-16-15-6-5-12(9-14(11)15)17-21(2,19)20/h5-6,9-10,13,16-17H,3-4,7-8H2,1-2H3. The molecule has 1 atom stereocenters. The van der Waals surface area contributed by atoms with Crippen LogP contribution in [0.3, 0.4) is 0 Å². The van der Waals surface area contributed by atoms with Crippen LogP contribution in [0.4, 0.5) is 5.69 Å². The van der Waals surface area contributed by atoms with E-state index in [0.717, 1.165) is 23.9 Å². The van der Waals surface area contributed by atoms with Gasteiger partial charge in [0.1, 0.15) is 0 Å². The van der Waals surface area contributed by atoms with E-state index >= 15 is 0 Å². The lowest BCUT2D eigenvalue weighted by Crippen LogP contribution is -2.26. The second-order valence-corrected chi connectivity index (χ2v) is 7.68. The van der Waals surface area contributed by atoms with E-state index in [1.807, 2.05) is 18.3 Å². The fourth-order valence-electron chi connectivity index (χ4n) is 3.12. The molecule has 6 heteroatoms.